The first-order valence-electron chi connectivity index (χ1n) is 7.64. The smallest absolute Gasteiger partial charge is 0.0621 e. The zero-order valence-electron chi connectivity index (χ0n) is 12.6. The molecule has 3 fully saturated rings. The Morgan fingerprint density at radius 3 is 2.06 bits per heavy atom. The first-order chi connectivity index (χ1) is 8.19. The Hall–Kier alpha value is -0.0800. The van der Waals surface area contributed by atoms with Crippen LogP contribution in [0.1, 0.15) is 60.3 Å². The van der Waals surface area contributed by atoms with Gasteiger partial charge in [-0.25, -0.2) is 0 Å². The Balaban J connectivity index is 1.73. The van der Waals surface area contributed by atoms with Crippen molar-refractivity contribution in [3.63, 3.8) is 0 Å². The fourth-order valence-corrected chi connectivity index (χ4v) is 4.88. The number of hydrogen-bond donors (Lipinski definition) is 2. The van der Waals surface area contributed by atoms with Crippen molar-refractivity contribution in [1.82, 2.24) is 5.32 Å². The first-order valence-corrected chi connectivity index (χ1v) is 7.64. The van der Waals surface area contributed by atoms with Gasteiger partial charge in [-0.2, -0.15) is 0 Å². The number of nitrogens with one attached hydrogen (secondary N) is 1. The summed E-state index contributed by atoms with van der Waals surface area (Å²) < 4.78 is 0. The van der Waals surface area contributed by atoms with E-state index in [1.54, 1.807) is 0 Å². The van der Waals surface area contributed by atoms with Crippen molar-refractivity contribution in [1.29, 1.82) is 0 Å². The Morgan fingerprint density at radius 1 is 1.00 bits per heavy atom. The molecule has 0 amide bonds. The first kappa shape index (κ1) is 12.9. The quantitative estimate of drug-likeness (QED) is 0.791. The average molecular weight is 251 g/mol. The SMILES string of the molecule is CC1(C)C(O)CC1NC1CC2CCC1(C)C2(C)C. The lowest BCUT2D eigenvalue weighted by atomic mass is 9.63. The predicted octanol–water partition coefficient (Wildman–Crippen LogP) is 2.95. The second-order valence-corrected chi connectivity index (χ2v) is 8.46. The summed E-state index contributed by atoms with van der Waals surface area (Å²) in [6.45, 7) is 11.8. The van der Waals surface area contributed by atoms with Crippen molar-refractivity contribution >= 4 is 0 Å². The zero-order valence-corrected chi connectivity index (χ0v) is 12.6. The standard InChI is InChI=1S/C16H29NO/c1-14(2)11(9-13(14)18)17-12-8-10-6-7-16(12,5)15(10,3)4/h10-13,17-18H,6-9H2,1-5H3. The van der Waals surface area contributed by atoms with E-state index in [2.05, 4.69) is 39.9 Å². The van der Waals surface area contributed by atoms with Gasteiger partial charge in [0.25, 0.3) is 0 Å². The van der Waals surface area contributed by atoms with E-state index < -0.39 is 0 Å². The van der Waals surface area contributed by atoms with Gasteiger partial charge in [0.05, 0.1) is 6.10 Å². The summed E-state index contributed by atoms with van der Waals surface area (Å²) in [6, 6.07) is 1.16. The van der Waals surface area contributed by atoms with E-state index >= 15 is 0 Å². The van der Waals surface area contributed by atoms with Crippen molar-refractivity contribution in [2.24, 2.45) is 22.2 Å². The molecule has 2 nitrogen and oxygen atoms in total. The highest BCUT2D eigenvalue weighted by molar-refractivity contribution is 5.15. The molecule has 2 heteroatoms. The molecule has 3 saturated carbocycles. The third-order valence-corrected chi connectivity index (χ3v) is 7.41. The molecule has 0 aromatic carbocycles. The average Bonchev–Trinajstić information content (AvgIpc) is 2.61. The van der Waals surface area contributed by atoms with Crippen molar-refractivity contribution in [2.45, 2.75) is 78.5 Å². The Bertz CT molecular complexity index is 362. The summed E-state index contributed by atoms with van der Waals surface area (Å²) in [7, 11) is 0. The molecule has 0 radical (unpaired) electrons. The van der Waals surface area contributed by atoms with Gasteiger partial charge >= 0.3 is 0 Å². The molecule has 2 N–H and O–H groups in total. The lowest BCUT2D eigenvalue weighted by Gasteiger charge is -2.53. The third kappa shape index (κ3) is 1.37. The van der Waals surface area contributed by atoms with Crippen molar-refractivity contribution in [3.8, 4) is 0 Å². The minimum Gasteiger partial charge on any atom is -0.392 e. The second kappa shape index (κ2) is 3.52. The van der Waals surface area contributed by atoms with Gasteiger partial charge in [0.1, 0.15) is 0 Å². The van der Waals surface area contributed by atoms with Crippen LogP contribution < -0.4 is 5.32 Å². The summed E-state index contributed by atoms with van der Waals surface area (Å²) >= 11 is 0. The highest BCUT2D eigenvalue weighted by atomic mass is 16.3. The lowest BCUT2D eigenvalue weighted by molar-refractivity contribution is -0.0819. The molecule has 0 aliphatic heterocycles. The highest BCUT2D eigenvalue weighted by Gasteiger charge is 2.62. The van der Waals surface area contributed by atoms with Gasteiger partial charge in [0, 0.05) is 17.5 Å². The van der Waals surface area contributed by atoms with E-state index in [1.165, 1.54) is 19.3 Å². The fourth-order valence-electron chi connectivity index (χ4n) is 4.88. The van der Waals surface area contributed by atoms with Gasteiger partial charge in [-0.05, 0) is 42.4 Å². The van der Waals surface area contributed by atoms with Crippen LogP contribution in [-0.2, 0) is 0 Å². The van der Waals surface area contributed by atoms with Crippen molar-refractivity contribution < 1.29 is 5.11 Å². The molecule has 0 saturated heterocycles. The molecular weight excluding hydrogens is 222 g/mol. The number of rotatable bonds is 2. The van der Waals surface area contributed by atoms with Crippen LogP contribution in [0, 0.1) is 22.2 Å². The highest BCUT2D eigenvalue weighted by Crippen LogP contribution is 2.65. The maximum atomic E-state index is 9.88. The van der Waals surface area contributed by atoms with Crippen LogP contribution in [0.25, 0.3) is 0 Å². The van der Waals surface area contributed by atoms with Gasteiger partial charge in [0.15, 0.2) is 0 Å². The van der Waals surface area contributed by atoms with Gasteiger partial charge in [-0.15, -0.1) is 0 Å². The van der Waals surface area contributed by atoms with E-state index in [4.69, 9.17) is 0 Å². The fraction of sp³-hybridized carbons (Fsp3) is 1.00. The van der Waals surface area contributed by atoms with Crippen LogP contribution in [-0.4, -0.2) is 23.3 Å². The molecule has 0 aromatic rings. The molecule has 18 heavy (non-hydrogen) atoms. The van der Waals surface area contributed by atoms with Crippen LogP contribution in [0.2, 0.25) is 0 Å². The van der Waals surface area contributed by atoms with Gasteiger partial charge in [-0.1, -0.05) is 34.6 Å². The van der Waals surface area contributed by atoms with Crippen LogP contribution in [0.15, 0.2) is 0 Å². The molecule has 104 valence electrons. The van der Waals surface area contributed by atoms with E-state index in [0.717, 1.165) is 12.3 Å². The lowest BCUT2D eigenvalue weighted by Crippen LogP contribution is -2.63. The normalized spacial score (nSPS) is 52.3. The summed E-state index contributed by atoms with van der Waals surface area (Å²) in [5, 5.41) is 13.8. The number of hydrogen-bond acceptors (Lipinski definition) is 2. The summed E-state index contributed by atoms with van der Waals surface area (Å²) in [4.78, 5) is 0. The maximum Gasteiger partial charge on any atom is 0.0621 e. The van der Waals surface area contributed by atoms with Crippen LogP contribution >= 0.6 is 0 Å². The monoisotopic (exact) mass is 251 g/mol. The Morgan fingerprint density at radius 2 is 1.67 bits per heavy atom. The molecule has 3 rings (SSSR count). The van der Waals surface area contributed by atoms with Crippen molar-refractivity contribution in [2.75, 3.05) is 0 Å². The van der Waals surface area contributed by atoms with Crippen LogP contribution in [0.4, 0.5) is 0 Å². The molecule has 5 atom stereocenters. The summed E-state index contributed by atoms with van der Waals surface area (Å²) in [5.41, 5.74) is 0.994. The molecule has 5 unspecified atom stereocenters. The summed E-state index contributed by atoms with van der Waals surface area (Å²) in [6.07, 6.45) is 4.95. The minimum atomic E-state index is -0.116. The Kier molecular flexibility index (Phi) is 2.53. The molecule has 3 aliphatic rings. The zero-order chi connectivity index (χ0) is 13.3. The predicted molar refractivity (Wildman–Crippen MR) is 74.3 cm³/mol. The molecule has 0 spiro atoms. The van der Waals surface area contributed by atoms with Crippen LogP contribution in [0.5, 0.6) is 0 Å². The van der Waals surface area contributed by atoms with Gasteiger partial charge in [0.2, 0.25) is 0 Å². The molecule has 3 aliphatic carbocycles. The minimum absolute atomic E-state index is 0.0579. The molecular formula is C16H29NO. The van der Waals surface area contributed by atoms with Gasteiger partial charge < -0.3 is 10.4 Å². The number of fused-ring (bicyclic) bond motifs is 2. The Labute approximate surface area is 112 Å². The molecule has 0 heterocycles. The largest absolute Gasteiger partial charge is 0.392 e. The molecule has 0 aromatic heterocycles. The van der Waals surface area contributed by atoms with Crippen LogP contribution in [0.3, 0.4) is 0 Å². The van der Waals surface area contributed by atoms with E-state index in [1.807, 2.05) is 0 Å². The second-order valence-electron chi connectivity index (χ2n) is 8.46. The van der Waals surface area contributed by atoms with E-state index in [-0.39, 0.29) is 11.5 Å². The topological polar surface area (TPSA) is 32.3 Å². The number of aliphatic hydroxyl groups excluding tert-OH is 1. The van der Waals surface area contributed by atoms with E-state index in [9.17, 15) is 5.11 Å². The molecule has 2 bridgehead atoms. The van der Waals surface area contributed by atoms with Crippen molar-refractivity contribution in [3.05, 3.63) is 0 Å². The summed E-state index contributed by atoms with van der Waals surface area (Å²) in [5.74, 6) is 0.896. The number of aliphatic hydroxyl groups is 1. The van der Waals surface area contributed by atoms with E-state index in [0.29, 0.717) is 22.9 Å². The maximum absolute atomic E-state index is 9.88. The third-order valence-electron chi connectivity index (χ3n) is 7.41. The van der Waals surface area contributed by atoms with Gasteiger partial charge in [-0.3, -0.25) is 0 Å².